The summed E-state index contributed by atoms with van der Waals surface area (Å²) in [4.78, 5) is 36.9. The van der Waals surface area contributed by atoms with Crippen molar-refractivity contribution in [2.45, 2.75) is 24.0 Å². The van der Waals surface area contributed by atoms with Gasteiger partial charge in [-0.05, 0) is 22.9 Å². The molecule has 1 aliphatic rings. The number of tetrazole rings is 1. The minimum atomic E-state index is -1.22. The Morgan fingerprint density at radius 2 is 2.04 bits per heavy atom. The van der Waals surface area contributed by atoms with E-state index in [2.05, 4.69) is 26.3 Å². The number of rotatable bonds is 6. The molecule has 0 aliphatic carbocycles. The van der Waals surface area contributed by atoms with Gasteiger partial charge in [-0.15, -0.1) is 5.10 Å². The first kappa shape index (κ1) is 17.9. The van der Waals surface area contributed by atoms with Gasteiger partial charge >= 0.3 is 6.03 Å². The highest BCUT2D eigenvalue weighted by Gasteiger charge is 2.49. The van der Waals surface area contributed by atoms with Crippen LogP contribution in [0.3, 0.4) is 0 Å². The van der Waals surface area contributed by atoms with Crippen LogP contribution in [0.4, 0.5) is 4.79 Å². The number of thioether (sulfide) groups is 1. The van der Waals surface area contributed by atoms with E-state index in [1.54, 1.807) is 38.2 Å². The highest BCUT2D eigenvalue weighted by Crippen LogP contribution is 2.27. The number of nitrogens with one attached hydrogen (secondary N) is 2. The van der Waals surface area contributed by atoms with Gasteiger partial charge in [-0.2, -0.15) is 5.01 Å². The second-order valence-electron chi connectivity index (χ2n) is 5.78. The molecule has 0 radical (unpaired) electrons. The lowest BCUT2D eigenvalue weighted by Gasteiger charge is -2.22. The second kappa shape index (κ2) is 7.12. The monoisotopic (exact) mass is 375 g/mol. The van der Waals surface area contributed by atoms with Gasteiger partial charge in [0.25, 0.3) is 5.91 Å². The summed E-state index contributed by atoms with van der Waals surface area (Å²) in [5.74, 6) is -0.583. The van der Waals surface area contributed by atoms with Gasteiger partial charge in [0.05, 0.1) is 0 Å². The van der Waals surface area contributed by atoms with Gasteiger partial charge in [0, 0.05) is 19.2 Å². The molecule has 3 rings (SSSR count). The largest absolute Gasteiger partial charge is 0.344 e. The Hall–Kier alpha value is -2.95. The van der Waals surface area contributed by atoms with Crippen molar-refractivity contribution in [2.75, 3.05) is 5.75 Å². The molecule has 2 aromatic rings. The molecule has 11 heteroatoms. The average Bonchev–Trinajstić information content (AvgIpc) is 3.13. The first-order chi connectivity index (χ1) is 12.4. The normalized spacial score (nSPS) is 19.5. The number of amides is 4. The third-order valence-electron chi connectivity index (χ3n) is 3.92. The third kappa shape index (κ3) is 3.38. The zero-order valence-electron chi connectivity index (χ0n) is 14.2. The second-order valence-corrected chi connectivity index (χ2v) is 6.84. The van der Waals surface area contributed by atoms with Crippen LogP contribution in [-0.2, 0) is 22.2 Å². The van der Waals surface area contributed by atoms with Crippen molar-refractivity contribution in [3.05, 3.63) is 35.9 Å². The molecule has 0 saturated carbocycles. The van der Waals surface area contributed by atoms with Crippen LogP contribution in [0.5, 0.6) is 0 Å². The number of hydrazine groups is 1. The minimum absolute atomic E-state index is 0.0939. The molecule has 0 spiro atoms. The number of hydrogen-bond acceptors (Lipinski definition) is 7. The number of hydrogen-bond donors (Lipinski definition) is 2. The molecular formula is C15H17N7O3S. The molecule has 0 bridgehead atoms. The number of benzene rings is 1. The topological polar surface area (TPSA) is 122 Å². The van der Waals surface area contributed by atoms with Gasteiger partial charge < -0.3 is 5.32 Å². The third-order valence-corrected chi connectivity index (χ3v) is 4.93. The number of urea groups is 1. The number of aromatic nitrogens is 4. The summed E-state index contributed by atoms with van der Waals surface area (Å²) in [6, 6.07) is 8.20. The van der Waals surface area contributed by atoms with Gasteiger partial charge in [0.2, 0.25) is 11.1 Å². The predicted octanol–water partition coefficient (Wildman–Crippen LogP) is 0.191. The first-order valence-corrected chi connectivity index (χ1v) is 8.77. The van der Waals surface area contributed by atoms with Crippen molar-refractivity contribution in [3.63, 3.8) is 0 Å². The highest BCUT2D eigenvalue weighted by molar-refractivity contribution is 7.99. The lowest BCUT2D eigenvalue weighted by atomic mass is 9.92. The molecule has 1 fully saturated rings. The van der Waals surface area contributed by atoms with Gasteiger partial charge in [0.15, 0.2) is 0 Å². The highest BCUT2D eigenvalue weighted by atomic mass is 32.2. The molecule has 1 unspecified atom stereocenters. The Bertz CT molecular complexity index is 841. The Labute approximate surface area is 153 Å². The standard InChI is InChI=1S/C15H17N7O3S/c1-15(10-6-4-3-5-7-10)12(24)22(13(25)16-15)18-11(23)8-9-26-14-17-19-20-21(14)2/h3-7H,8-9H2,1-2H3,(H,16,25)(H,18,23). The van der Waals surface area contributed by atoms with Crippen LogP contribution < -0.4 is 10.7 Å². The minimum Gasteiger partial charge on any atom is -0.318 e. The van der Waals surface area contributed by atoms with Gasteiger partial charge in [-0.1, -0.05) is 42.1 Å². The van der Waals surface area contributed by atoms with Crippen molar-refractivity contribution >= 4 is 29.6 Å². The average molecular weight is 375 g/mol. The van der Waals surface area contributed by atoms with E-state index < -0.39 is 23.4 Å². The Kier molecular flexibility index (Phi) is 4.89. The van der Waals surface area contributed by atoms with Crippen LogP contribution in [0.15, 0.2) is 35.5 Å². The summed E-state index contributed by atoms with van der Waals surface area (Å²) in [7, 11) is 1.69. The predicted molar refractivity (Wildman–Crippen MR) is 91.5 cm³/mol. The molecule has 4 amide bonds. The van der Waals surface area contributed by atoms with E-state index in [4.69, 9.17) is 0 Å². The van der Waals surface area contributed by atoms with Crippen molar-refractivity contribution in [2.24, 2.45) is 7.05 Å². The van der Waals surface area contributed by atoms with Crippen molar-refractivity contribution in [3.8, 4) is 0 Å². The zero-order chi connectivity index (χ0) is 18.7. The molecule has 10 nitrogen and oxygen atoms in total. The van der Waals surface area contributed by atoms with Crippen LogP contribution in [0.2, 0.25) is 0 Å². The fourth-order valence-corrected chi connectivity index (χ4v) is 3.25. The molecule has 2 N–H and O–H groups in total. The van der Waals surface area contributed by atoms with E-state index in [9.17, 15) is 14.4 Å². The number of carbonyl (C=O) groups is 3. The van der Waals surface area contributed by atoms with Crippen LogP contribution >= 0.6 is 11.8 Å². The maximum Gasteiger partial charge on any atom is 0.344 e. The number of imide groups is 1. The van der Waals surface area contributed by atoms with E-state index in [1.165, 1.54) is 16.4 Å². The molecule has 1 atom stereocenters. The molecule has 2 heterocycles. The van der Waals surface area contributed by atoms with Crippen LogP contribution in [0.25, 0.3) is 0 Å². The Morgan fingerprint density at radius 3 is 2.69 bits per heavy atom. The fraction of sp³-hybridized carbons (Fsp3) is 0.333. The van der Waals surface area contributed by atoms with Crippen molar-refractivity contribution in [1.82, 2.24) is 36.0 Å². The van der Waals surface area contributed by atoms with Crippen molar-refractivity contribution < 1.29 is 14.4 Å². The fourth-order valence-electron chi connectivity index (χ4n) is 2.47. The molecule has 1 aromatic heterocycles. The maximum atomic E-state index is 12.7. The lowest BCUT2D eigenvalue weighted by molar-refractivity contribution is -0.138. The molecular weight excluding hydrogens is 358 g/mol. The molecule has 1 saturated heterocycles. The summed E-state index contributed by atoms with van der Waals surface area (Å²) in [5.41, 5.74) is 1.78. The van der Waals surface area contributed by atoms with Gasteiger partial charge in [0.1, 0.15) is 5.54 Å². The smallest absolute Gasteiger partial charge is 0.318 e. The van der Waals surface area contributed by atoms with E-state index in [-0.39, 0.29) is 6.42 Å². The van der Waals surface area contributed by atoms with Crippen molar-refractivity contribution in [1.29, 1.82) is 0 Å². The van der Waals surface area contributed by atoms with Crippen LogP contribution in [-0.4, -0.2) is 48.8 Å². The summed E-state index contributed by atoms with van der Waals surface area (Å²) >= 11 is 1.30. The Morgan fingerprint density at radius 1 is 1.31 bits per heavy atom. The summed E-state index contributed by atoms with van der Waals surface area (Å²) in [6.07, 6.45) is 0.0939. The quantitative estimate of drug-likeness (QED) is 0.546. The molecule has 1 aliphatic heterocycles. The number of aryl methyl sites for hydroxylation is 1. The van der Waals surface area contributed by atoms with E-state index >= 15 is 0 Å². The Balaban J connectivity index is 1.59. The summed E-state index contributed by atoms with van der Waals surface area (Å²) < 4.78 is 1.49. The number of carbonyl (C=O) groups excluding carboxylic acids is 3. The van der Waals surface area contributed by atoms with E-state index in [0.717, 1.165) is 5.01 Å². The van der Waals surface area contributed by atoms with Gasteiger partial charge in [-0.3, -0.25) is 15.0 Å². The van der Waals surface area contributed by atoms with E-state index in [0.29, 0.717) is 16.5 Å². The molecule has 1 aromatic carbocycles. The summed E-state index contributed by atoms with van der Waals surface area (Å²) in [6.45, 7) is 1.60. The lowest BCUT2D eigenvalue weighted by Crippen LogP contribution is -2.48. The SMILES string of the molecule is Cn1nnnc1SCCC(=O)NN1C(=O)NC(C)(c2ccccc2)C1=O. The first-order valence-electron chi connectivity index (χ1n) is 7.78. The van der Waals surface area contributed by atoms with Gasteiger partial charge in [-0.25, -0.2) is 9.48 Å². The van der Waals surface area contributed by atoms with E-state index in [1.807, 2.05) is 6.07 Å². The number of nitrogens with zero attached hydrogens (tertiary/aromatic N) is 5. The summed E-state index contributed by atoms with van der Waals surface area (Å²) in [5, 5.41) is 14.9. The molecule has 26 heavy (non-hydrogen) atoms. The maximum absolute atomic E-state index is 12.7. The van der Waals surface area contributed by atoms with Crippen LogP contribution in [0, 0.1) is 0 Å². The van der Waals surface area contributed by atoms with Crippen LogP contribution in [0.1, 0.15) is 18.9 Å². The molecule has 136 valence electrons. The zero-order valence-corrected chi connectivity index (χ0v) is 15.0.